The number of carbonyl (C=O) groups is 2. The van der Waals surface area contributed by atoms with Gasteiger partial charge >= 0.3 is 0 Å². The summed E-state index contributed by atoms with van der Waals surface area (Å²) in [7, 11) is 1.46. The first-order valence-corrected chi connectivity index (χ1v) is 8.76. The second kappa shape index (κ2) is 8.47. The molecule has 1 aliphatic rings. The van der Waals surface area contributed by atoms with Crippen molar-refractivity contribution in [2.75, 3.05) is 31.7 Å². The van der Waals surface area contributed by atoms with Crippen molar-refractivity contribution >= 4 is 17.5 Å². The monoisotopic (exact) mass is 363 g/mol. The van der Waals surface area contributed by atoms with Gasteiger partial charge in [-0.15, -0.1) is 0 Å². The minimum Gasteiger partial charge on any atom is -0.375 e. The van der Waals surface area contributed by atoms with Gasteiger partial charge in [0, 0.05) is 13.7 Å². The summed E-state index contributed by atoms with van der Waals surface area (Å²) >= 11 is 0. The normalized spacial score (nSPS) is 16.9. The van der Waals surface area contributed by atoms with E-state index in [2.05, 4.69) is 6.07 Å². The maximum Gasteiger partial charge on any atom is 0.249 e. The number of amides is 2. The Kier molecular flexibility index (Phi) is 5.84. The number of anilines is 1. The van der Waals surface area contributed by atoms with Crippen molar-refractivity contribution in [1.82, 2.24) is 4.90 Å². The van der Waals surface area contributed by atoms with Crippen LogP contribution < -0.4 is 4.90 Å². The summed E-state index contributed by atoms with van der Waals surface area (Å²) in [5.41, 5.74) is 2.11. The molecule has 0 N–H and O–H groups in total. The molecule has 1 fully saturated rings. The predicted octanol–water partition coefficient (Wildman–Crippen LogP) is 1.99. The molecule has 27 heavy (non-hydrogen) atoms. The van der Waals surface area contributed by atoms with Crippen LogP contribution in [-0.4, -0.2) is 49.6 Å². The molecule has 1 saturated heterocycles. The summed E-state index contributed by atoms with van der Waals surface area (Å²) in [4.78, 5) is 28.5. The molecule has 0 radical (unpaired) electrons. The number of carbonyl (C=O) groups excluding carboxylic acids is 2. The molecule has 1 heterocycles. The van der Waals surface area contributed by atoms with Gasteiger partial charge in [0.1, 0.15) is 19.2 Å². The van der Waals surface area contributed by atoms with Crippen molar-refractivity contribution in [3.8, 4) is 6.07 Å². The number of methoxy groups -OCH3 is 1. The van der Waals surface area contributed by atoms with E-state index in [-0.39, 0.29) is 31.0 Å². The van der Waals surface area contributed by atoms with Crippen molar-refractivity contribution < 1.29 is 14.3 Å². The molecule has 0 aliphatic carbocycles. The highest BCUT2D eigenvalue weighted by atomic mass is 16.5. The van der Waals surface area contributed by atoms with Gasteiger partial charge in [0.05, 0.1) is 17.3 Å². The van der Waals surface area contributed by atoms with E-state index in [0.29, 0.717) is 24.2 Å². The second-order valence-electron chi connectivity index (χ2n) is 6.43. The molecule has 1 atom stereocenters. The predicted molar refractivity (Wildman–Crippen MR) is 101 cm³/mol. The van der Waals surface area contributed by atoms with Crippen molar-refractivity contribution in [2.45, 2.75) is 12.5 Å². The SMILES string of the molecule is COCC(=O)N1CC(=O)N(c2ccccc2C#N)C[C@@H]1Cc1ccccc1. The topological polar surface area (TPSA) is 73.6 Å². The molecule has 0 spiro atoms. The van der Waals surface area contributed by atoms with Gasteiger partial charge in [-0.25, -0.2) is 0 Å². The Balaban J connectivity index is 1.91. The van der Waals surface area contributed by atoms with E-state index in [1.807, 2.05) is 30.3 Å². The molecule has 2 aromatic rings. The third-order valence-electron chi connectivity index (χ3n) is 4.66. The standard InChI is InChI=1S/C21H21N3O3/c1-27-15-21(26)23-14-20(25)24(19-10-6-5-9-17(19)12-22)13-18(23)11-16-7-3-2-4-8-16/h2-10,18H,11,13-15H2,1H3/t18-/m0/s1. The van der Waals surface area contributed by atoms with Crippen LogP contribution in [0.2, 0.25) is 0 Å². The zero-order valence-electron chi connectivity index (χ0n) is 15.2. The van der Waals surface area contributed by atoms with Gasteiger partial charge in [-0.2, -0.15) is 5.26 Å². The fraction of sp³-hybridized carbons (Fsp3) is 0.286. The Morgan fingerprint density at radius 3 is 2.59 bits per heavy atom. The number of hydrogen-bond acceptors (Lipinski definition) is 4. The van der Waals surface area contributed by atoms with Crippen LogP contribution in [0.15, 0.2) is 54.6 Å². The fourth-order valence-corrected chi connectivity index (χ4v) is 3.37. The van der Waals surface area contributed by atoms with Gasteiger partial charge < -0.3 is 14.5 Å². The quantitative estimate of drug-likeness (QED) is 0.814. The van der Waals surface area contributed by atoms with Gasteiger partial charge in [-0.1, -0.05) is 42.5 Å². The van der Waals surface area contributed by atoms with E-state index >= 15 is 0 Å². The van der Waals surface area contributed by atoms with Crippen LogP contribution in [0.3, 0.4) is 0 Å². The largest absolute Gasteiger partial charge is 0.375 e. The lowest BCUT2D eigenvalue weighted by molar-refractivity contribution is -0.142. The van der Waals surface area contributed by atoms with Gasteiger partial charge in [0.25, 0.3) is 0 Å². The number of ether oxygens (including phenoxy) is 1. The van der Waals surface area contributed by atoms with Gasteiger partial charge in [-0.05, 0) is 24.1 Å². The first-order valence-electron chi connectivity index (χ1n) is 8.76. The first kappa shape index (κ1) is 18.6. The molecular formula is C21H21N3O3. The van der Waals surface area contributed by atoms with Crippen LogP contribution in [0.4, 0.5) is 5.69 Å². The summed E-state index contributed by atoms with van der Waals surface area (Å²) in [6, 6.07) is 18.8. The maximum absolute atomic E-state index is 12.8. The Labute approximate surface area is 158 Å². The number of nitriles is 1. The fourth-order valence-electron chi connectivity index (χ4n) is 3.37. The van der Waals surface area contributed by atoms with Crippen molar-refractivity contribution in [3.63, 3.8) is 0 Å². The van der Waals surface area contributed by atoms with Crippen molar-refractivity contribution in [2.24, 2.45) is 0 Å². The molecule has 6 heteroatoms. The highest BCUT2D eigenvalue weighted by Gasteiger charge is 2.36. The Morgan fingerprint density at radius 1 is 1.19 bits per heavy atom. The summed E-state index contributed by atoms with van der Waals surface area (Å²) < 4.78 is 4.98. The van der Waals surface area contributed by atoms with E-state index in [1.165, 1.54) is 7.11 Å². The third-order valence-corrected chi connectivity index (χ3v) is 4.66. The summed E-state index contributed by atoms with van der Waals surface area (Å²) in [5, 5.41) is 9.38. The van der Waals surface area contributed by atoms with Gasteiger partial charge in [-0.3, -0.25) is 9.59 Å². The van der Waals surface area contributed by atoms with Crippen LogP contribution in [0.25, 0.3) is 0 Å². The Morgan fingerprint density at radius 2 is 1.89 bits per heavy atom. The Bertz CT molecular complexity index is 860. The molecule has 138 valence electrons. The molecule has 0 aromatic heterocycles. The number of rotatable bonds is 5. The minimum atomic E-state index is -0.208. The molecule has 6 nitrogen and oxygen atoms in total. The van der Waals surface area contributed by atoms with E-state index in [0.717, 1.165) is 5.56 Å². The lowest BCUT2D eigenvalue weighted by atomic mass is 10.0. The second-order valence-corrected chi connectivity index (χ2v) is 6.43. The highest BCUT2D eigenvalue weighted by molar-refractivity contribution is 5.99. The lowest BCUT2D eigenvalue weighted by Crippen LogP contribution is -2.59. The molecule has 2 amide bonds. The van der Waals surface area contributed by atoms with Crippen molar-refractivity contribution in [3.05, 3.63) is 65.7 Å². The maximum atomic E-state index is 12.8. The Hall–Kier alpha value is -3.17. The molecule has 0 unspecified atom stereocenters. The summed E-state index contributed by atoms with van der Waals surface area (Å²) in [6.07, 6.45) is 0.620. The molecule has 0 saturated carbocycles. The summed E-state index contributed by atoms with van der Waals surface area (Å²) in [6.45, 7) is 0.245. The van der Waals surface area contributed by atoms with Crippen LogP contribution in [0.5, 0.6) is 0 Å². The van der Waals surface area contributed by atoms with Crippen LogP contribution in [0, 0.1) is 11.3 Å². The number of hydrogen-bond donors (Lipinski definition) is 0. The number of nitrogens with zero attached hydrogens (tertiary/aromatic N) is 3. The van der Waals surface area contributed by atoms with E-state index < -0.39 is 0 Å². The van der Waals surface area contributed by atoms with Crippen LogP contribution in [-0.2, 0) is 20.7 Å². The molecule has 2 aromatic carbocycles. The zero-order valence-corrected chi connectivity index (χ0v) is 15.2. The molecular weight excluding hydrogens is 342 g/mol. The summed E-state index contributed by atoms with van der Waals surface area (Å²) in [5.74, 6) is -0.411. The average Bonchev–Trinajstić information content (AvgIpc) is 2.70. The number of para-hydroxylation sites is 1. The van der Waals surface area contributed by atoms with Crippen molar-refractivity contribution in [1.29, 1.82) is 5.26 Å². The van der Waals surface area contributed by atoms with Crippen LogP contribution in [0.1, 0.15) is 11.1 Å². The molecule has 3 rings (SSSR count). The molecule has 1 aliphatic heterocycles. The zero-order chi connectivity index (χ0) is 19.2. The average molecular weight is 363 g/mol. The van der Waals surface area contributed by atoms with Gasteiger partial charge in [0.15, 0.2) is 0 Å². The number of piperazine rings is 1. The van der Waals surface area contributed by atoms with E-state index in [4.69, 9.17) is 4.74 Å². The highest BCUT2D eigenvalue weighted by Crippen LogP contribution is 2.25. The molecule has 0 bridgehead atoms. The van der Waals surface area contributed by atoms with E-state index in [9.17, 15) is 14.9 Å². The first-order chi connectivity index (χ1) is 13.1. The minimum absolute atomic E-state index is 0.0283. The lowest BCUT2D eigenvalue weighted by Gasteiger charge is -2.41. The van der Waals surface area contributed by atoms with E-state index in [1.54, 1.807) is 34.1 Å². The van der Waals surface area contributed by atoms with Gasteiger partial charge in [0.2, 0.25) is 11.8 Å². The third kappa shape index (κ3) is 4.15. The number of benzene rings is 2. The smallest absolute Gasteiger partial charge is 0.249 e. The van der Waals surface area contributed by atoms with Crippen LogP contribution >= 0.6 is 0 Å².